The maximum Gasteiger partial charge on any atom is 0.274 e. The molecular formula is C15H11N4S+. The zero-order valence-corrected chi connectivity index (χ0v) is 11.7. The highest BCUT2D eigenvalue weighted by atomic mass is 32.1. The molecule has 1 aliphatic heterocycles. The molecule has 0 radical (unpaired) electrons. The monoisotopic (exact) mass is 279 g/mol. The summed E-state index contributed by atoms with van der Waals surface area (Å²) in [7, 11) is 2.13. The number of nitrogens with zero attached hydrogens (tertiary/aromatic N) is 4. The number of rotatable bonds is 0. The van der Waals surface area contributed by atoms with E-state index in [1.165, 1.54) is 37.5 Å². The second kappa shape index (κ2) is 3.43. The van der Waals surface area contributed by atoms with Crippen LogP contribution in [0.1, 0.15) is 5.69 Å². The standard InChI is InChI=1S/C15H11N4S/c1-18-12-4-6-16-7-10(12)13-15(18)20-14-9-3-2-5-17-11(9)8-19(13)14/h2-7H,8H2,1H3/q+1. The summed E-state index contributed by atoms with van der Waals surface area (Å²) < 4.78 is 4.64. The predicted molar refractivity (Wildman–Crippen MR) is 78.6 cm³/mol. The van der Waals surface area contributed by atoms with Crippen molar-refractivity contribution in [1.29, 1.82) is 0 Å². The SMILES string of the molecule is Cn1c2ccncc2c2c1sc1[n+]2Cc2ncccc2-1. The molecule has 0 fully saturated rings. The van der Waals surface area contributed by atoms with Crippen LogP contribution in [-0.2, 0) is 13.6 Å². The zero-order chi connectivity index (χ0) is 13.3. The van der Waals surface area contributed by atoms with Gasteiger partial charge in [0, 0.05) is 25.6 Å². The van der Waals surface area contributed by atoms with Gasteiger partial charge in [-0.2, -0.15) is 4.57 Å². The molecule has 0 saturated carbocycles. The smallest absolute Gasteiger partial charge is 0.274 e. The van der Waals surface area contributed by atoms with Crippen LogP contribution < -0.4 is 4.57 Å². The molecule has 20 heavy (non-hydrogen) atoms. The molecule has 0 spiro atoms. The maximum atomic E-state index is 4.50. The molecule has 4 aromatic heterocycles. The summed E-state index contributed by atoms with van der Waals surface area (Å²) in [6.45, 7) is 0.861. The Morgan fingerprint density at radius 3 is 3.20 bits per heavy atom. The minimum atomic E-state index is 0.861. The number of aryl methyl sites for hydroxylation is 1. The van der Waals surface area contributed by atoms with Gasteiger partial charge in [-0.05, 0) is 29.5 Å². The lowest BCUT2D eigenvalue weighted by Crippen LogP contribution is -2.30. The van der Waals surface area contributed by atoms with Crippen molar-refractivity contribution < 1.29 is 4.57 Å². The topological polar surface area (TPSA) is 34.6 Å². The first-order valence-electron chi connectivity index (χ1n) is 6.53. The molecule has 0 amide bonds. The molecule has 0 unspecified atom stereocenters. The van der Waals surface area contributed by atoms with Crippen molar-refractivity contribution in [3.05, 3.63) is 42.5 Å². The molecule has 5 heterocycles. The molecule has 5 rings (SSSR count). The van der Waals surface area contributed by atoms with Gasteiger partial charge in [-0.15, -0.1) is 0 Å². The lowest BCUT2D eigenvalue weighted by molar-refractivity contribution is -0.641. The Morgan fingerprint density at radius 1 is 1.30 bits per heavy atom. The third-order valence-electron chi connectivity index (χ3n) is 4.06. The summed E-state index contributed by atoms with van der Waals surface area (Å²) in [5.74, 6) is 0. The molecule has 4 nitrogen and oxygen atoms in total. The Balaban J connectivity index is 1.97. The first-order chi connectivity index (χ1) is 9.84. The van der Waals surface area contributed by atoms with E-state index in [1.54, 1.807) is 0 Å². The van der Waals surface area contributed by atoms with E-state index in [2.05, 4.69) is 38.3 Å². The van der Waals surface area contributed by atoms with Gasteiger partial charge >= 0.3 is 0 Å². The molecule has 0 aromatic carbocycles. The van der Waals surface area contributed by atoms with E-state index in [0.717, 1.165) is 6.54 Å². The van der Waals surface area contributed by atoms with Crippen LogP contribution in [0.15, 0.2) is 36.8 Å². The fourth-order valence-electron chi connectivity index (χ4n) is 3.13. The van der Waals surface area contributed by atoms with Crippen molar-refractivity contribution in [2.45, 2.75) is 6.54 Å². The summed E-state index contributed by atoms with van der Waals surface area (Å²) in [4.78, 5) is 10.1. The second-order valence-electron chi connectivity index (χ2n) is 5.10. The molecular weight excluding hydrogens is 268 g/mol. The average Bonchev–Trinajstić information content (AvgIpc) is 3.09. The van der Waals surface area contributed by atoms with Crippen molar-refractivity contribution >= 4 is 32.6 Å². The lowest BCUT2D eigenvalue weighted by atomic mass is 10.2. The van der Waals surface area contributed by atoms with Crippen LogP contribution in [0.4, 0.5) is 0 Å². The van der Waals surface area contributed by atoms with Crippen LogP contribution in [0.5, 0.6) is 0 Å². The van der Waals surface area contributed by atoms with Gasteiger partial charge in [-0.25, -0.2) is 0 Å². The van der Waals surface area contributed by atoms with Crippen LogP contribution in [-0.4, -0.2) is 14.5 Å². The van der Waals surface area contributed by atoms with Gasteiger partial charge in [0.2, 0.25) is 0 Å². The molecule has 96 valence electrons. The number of hydrogen-bond acceptors (Lipinski definition) is 3. The summed E-state index contributed by atoms with van der Waals surface area (Å²) in [6.07, 6.45) is 5.69. The van der Waals surface area contributed by atoms with Gasteiger partial charge in [0.1, 0.15) is 5.69 Å². The molecule has 0 aliphatic carbocycles. The van der Waals surface area contributed by atoms with E-state index >= 15 is 0 Å². The number of pyridine rings is 2. The predicted octanol–water partition coefficient (Wildman–Crippen LogP) is 2.50. The lowest BCUT2D eigenvalue weighted by Gasteiger charge is -1.93. The van der Waals surface area contributed by atoms with Crippen molar-refractivity contribution in [3.63, 3.8) is 0 Å². The van der Waals surface area contributed by atoms with Gasteiger partial charge < -0.3 is 4.57 Å². The summed E-state index contributed by atoms with van der Waals surface area (Å²) in [5, 5.41) is 2.53. The Bertz CT molecular complexity index is 996. The molecule has 5 heteroatoms. The van der Waals surface area contributed by atoms with Crippen LogP contribution in [0, 0.1) is 0 Å². The quantitative estimate of drug-likeness (QED) is 0.408. The first-order valence-corrected chi connectivity index (χ1v) is 7.35. The van der Waals surface area contributed by atoms with E-state index in [4.69, 9.17) is 0 Å². The molecule has 0 saturated heterocycles. The number of hydrogen-bond donors (Lipinski definition) is 0. The van der Waals surface area contributed by atoms with E-state index in [-0.39, 0.29) is 0 Å². The van der Waals surface area contributed by atoms with E-state index in [1.807, 2.05) is 36.0 Å². The molecule has 0 atom stereocenters. The fraction of sp³-hybridized carbons (Fsp3) is 0.133. The largest absolute Gasteiger partial charge is 0.330 e. The van der Waals surface area contributed by atoms with Gasteiger partial charge in [-0.3, -0.25) is 9.97 Å². The summed E-state index contributed by atoms with van der Waals surface area (Å²) in [6, 6.07) is 6.25. The van der Waals surface area contributed by atoms with Crippen LogP contribution >= 0.6 is 11.3 Å². The molecule has 1 aliphatic rings. The second-order valence-corrected chi connectivity index (χ2v) is 6.07. The van der Waals surface area contributed by atoms with Crippen molar-refractivity contribution in [3.8, 4) is 10.6 Å². The van der Waals surface area contributed by atoms with Crippen LogP contribution in [0.2, 0.25) is 0 Å². The number of thiazole rings is 1. The van der Waals surface area contributed by atoms with E-state index < -0.39 is 0 Å². The Morgan fingerprint density at radius 2 is 2.25 bits per heavy atom. The third kappa shape index (κ3) is 1.10. The minimum Gasteiger partial charge on any atom is -0.330 e. The molecule has 0 N–H and O–H groups in total. The minimum absolute atomic E-state index is 0.861. The van der Waals surface area contributed by atoms with Crippen LogP contribution in [0.3, 0.4) is 0 Å². The van der Waals surface area contributed by atoms with Crippen molar-refractivity contribution in [2.75, 3.05) is 0 Å². The Hall–Kier alpha value is -2.27. The molecule has 0 bridgehead atoms. The van der Waals surface area contributed by atoms with Crippen molar-refractivity contribution in [1.82, 2.24) is 14.5 Å². The normalized spacial score (nSPS) is 13.1. The maximum absolute atomic E-state index is 4.50. The van der Waals surface area contributed by atoms with Gasteiger partial charge in [0.25, 0.3) is 10.5 Å². The average molecular weight is 279 g/mol. The zero-order valence-electron chi connectivity index (χ0n) is 10.9. The van der Waals surface area contributed by atoms with Crippen LogP contribution in [0.25, 0.3) is 31.8 Å². The van der Waals surface area contributed by atoms with Gasteiger partial charge in [-0.1, -0.05) is 0 Å². The van der Waals surface area contributed by atoms with Gasteiger partial charge in [0.05, 0.1) is 16.5 Å². The molecule has 4 aromatic rings. The van der Waals surface area contributed by atoms with Gasteiger partial charge in [0.15, 0.2) is 11.4 Å². The Kier molecular flexibility index (Phi) is 1.80. The fourth-order valence-corrected chi connectivity index (χ4v) is 4.43. The Labute approximate surface area is 119 Å². The number of aromatic nitrogens is 4. The summed E-state index contributed by atoms with van der Waals surface area (Å²) in [5.41, 5.74) is 4.96. The van der Waals surface area contributed by atoms with E-state index in [9.17, 15) is 0 Å². The first kappa shape index (κ1) is 10.5. The van der Waals surface area contributed by atoms with Crippen molar-refractivity contribution in [2.24, 2.45) is 7.05 Å². The highest BCUT2D eigenvalue weighted by molar-refractivity contribution is 7.21. The third-order valence-corrected chi connectivity index (χ3v) is 5.35. The highest BCUT2D eigenvalue weighted by Crippen LogP contribution is 2.38. The number of fused-ring (bicyclic) bond motifs is 7. The summed E-state index contributed by atoms with van der Waals surface area (Å²) >= 11 is 1.84. The highest BCUT2D eigenvalue weighted by Gasteiger charge is 2.35. The van der Waals surface area contributed by atoms with E-state index in [0.29, 0.717) is 0 Å².